The lowest BCUT2D eigenvalue weighted by Gasteiger charge is -2.22. The van der Waals surface area contributed by atoms with E-state index in [1.807, 2.05) is 49.4 Å². The molecule has 1 aliphatic carbocycles. The van der Waals surface area contributed by atoms with Gasteiger partial charge in [0.25, 0.3) is 5.91 Å². The molecule has 2 N–H and O–H groups in total. The van der Waals surface area contributed by atoms with Crippen molar-refractivity contribution in [2.75, 3.05) is 11.9 Å². The number of carbonyl (C=O) groups excluding carboxylic acids is 3. The summed E-state index contributed by atoms with van der Waals surface area (Å²) >= 11 is 1.30. The van der Waals surface area contributed by atoms with E-state index in [1.54, 1.807) is 6.20 Å². The number of anilines is 1. The van der Waals surface area contributed by atoms with E-state index in [0.717, 1.165) is 32.3 Å². The summed E-state index contributed by atoms with van der Waals surface area (Å²) in [6, 6.07) is 12.6. The molecule has 1 spiro atoms. The minimum absolute atomic E-state index is 0.369. The Morgan fingerprint density at radius 1 is 1.23 bits per heavy atom. The van der Waals surface area contributed by atoms with Crippen molar-refractivity contribution >= 4 is 34.3 Å². The van der Waals surface area contributed by atoms with Gasteiger partial charge in [0, 0.05) is 6.20 Å². The Morgan fingerprint density at radius 3 is 2.84 bits per heavy atom. The van der Waals surface area contributed by atoms with Gasteiger partial charge in [-0.15, -0.1) is 0 Å². The number of hydrogen-bond acceptors (Lipinski definition) is 6. The lowest BCUT2D eigenvalue weighted by Crippen LogP contribution is -2.42. The molecular formula is C22H19N5O3S. The van der Waals surface area contributed by atoms with Crippen LogP contribution in [0.25, 0.3) is 10.6 Å². The highest BCUT2D eigenvalue weighted by Gasteiger charge is 2.55. The maximum Gasteiger partial charge on any atom is 0.325 e. The number of amides is 4. The molecule has 3 aromatic rings. The SMILES string of the molecule is Cc1nc(NC(=O)CN2C(=O)NC3(CCc4ccccc43)C2=O)sc1-c1ccccn1. The van der Waals surface area contributed by atoms with Crippen molar-refractivity contribution < 1.29 is 14.4 Å². The third-order valence-corrected chi connectivity index (χ3v) is 6.76. The van der Waals surface area contributed by atoms with Crippen molar-refractivity contribution in [1.82, 2.24) is 20.2 Å². The van der Waals surface area contributed by atoms with Gasteiger partial charge in [0.1, 0.15) is 12.1 Å². The molecule has 1 atom stereocenters. The van der Waals surface area contributed by atoms with Crippen LogP contribution in [-0.4, -0.2) is 39.3 Å². The number of pyridine rings is 1. The lowest BCUT2D eigenvalue weighted by atomic mass is 9.92. The van der Waals surface area contributed by atoms with Gasteiger partial charge in [-0.1, -0.05) is 41.7 Å². The fourth-order valence-corrected chi connectivity index (χ4v) is 5.18. The van der Waals surface area contributed by atoms with Crippen LogP contribution in [0, 0.1) is 6.92 Å². The number of thiazole rings is 1. The lowest BCUT2D eigenvalue weighted by molar-refractivity contribution is -0.134. The van der Waals surface area contributed by atoms with Gasteiger partial charge < -0.3 is 10.6 Å². The Balaban J connectivity index is 1.32. The number of aromatic nitrogens is 2. The van der Waals surface area contributed by atoms with Gasteiger partial charge in [-0.05, 0) is 43.0 Å². The topological polar surface area (TPSA) is 104 Å². The molecule has 2 aliphatic rings. The maximum absolute atomic E-state index is 13.2. The zero-order valence-electron chi connectivity index (χ0n) is 16.7. The van der Waals surface area contributed by atoms with Crippen LogP contribution in [0.3, 0.4) is 0 Å². The number of nitrogens with one attached hydrogen (secondary N) is 2. The van der Waals surface area contributed by atoms with Gasteiger partial charge in [-0.25, -0.2) is 9.78 Å². The summed E-state index contributed by atoms with van der Waals surface area (Å²) in [6.07, 6.45) is 2.90. The predicted octanol–water partition coefficient (Wildman–Crippen LogP) is 2.85. The van der Waals surface area contributed by atoms with Crippen molar-refractivity contribution in [2.45, 2.75) is 25.3 Å². The monoisotopic (exact) mass is 433 g/mol. The highest BCUT2D eigenvalue weighted by Crippen LogP contribution is 2.41. The molecule has 1 unspecified atom stereocenters. The minimum atomic E-state index is -1.07. The van der Waals surface area contributed by atoms with E-state index in [9.17, 15) is 14.4 Å². The highest BCUT2D eigenvalue weighted by atomic mass is 32.1. The molecule has 8 nitrogen and oxygen atoms in total. The summed E-state index contributed by atoms with van der Waals surface area (Å²) in [6.45, 7) is 1.47. The minimum Gasteiger partial charge on any atom is -0.319 e. The highest BCUT2D eigenvalue weighted by molar-refractivity contribution is 7.19. The van der Waals surface area contributed by atoms with Crippen LogP contribution in [0.2, 0.25) is 0 Å². The second-order valence-electron chi connectivity index (χ2n) is 7.58. The first-order valence-electron chi connectivity index (χ1n) is 9.89. The third kappa shape index (κ3) is 3.17. The molecule has 1 fully saturated rings. The number of rotatable bonds is 4. The Morgan fingerprint density at radius 2 is 2.03 bits per heavy atom. The average molecular weight is 433 g/mol. The molecule has 4 amide bonds. The van der Waals surface area contributed by atoms with E-state index in [-0.39, 0.29) is 12.5 Å². The number of urea groups is 1. The van der Waals surface area contributed by atoms with Crippen molar-refractivity contribution in [3.05, 3.63) is 65.5 Å². The smallest absolute Gasteiger partial charge is 0.319 e. The summed E-state index contributed by atoms with van der Waals surface area (Å²) in [5, 5.41) is 5.93. The molecule has 1 saturated heterocycles. The Hall–Kier alpha value is -3.59. The summed E-state index contributed by atoms with van der Waals surface area (Å²) in [5.41, 5.74) is 2.30. The third-order valence-electron chi connectivity index (χ3n) is 5.66. The first-order chi connectivity index (χ1) is 15.0. The molecule has 1 aliphatic heterocycles. The van der Waals surface area contributed by atoms with E-state index >= 15 is 0 Å². The van der Waals surface area contributed by atoms with Gasteiger partial charge in [0.15, 0.2) is 5.13 Å². The van der Waals surface area contributed by atoms with Crippen LogP contribution in [-0.2, 0) is 21.5 Å². The molecular weight excluding hydrogens is 414 g/mol. The van der Waals surface area contributed by atoms with Crippen LogP contribution in [0.4, 0.5) is 9.93 Å². The number of nitrogens with zero attached hydrogens (tertiary/aromatic N) is 3. The van der Waals surface area contributed by atoms with Crippen LogP contribution >= 0.6 is 11.3 Å². The van der Waals surface area contributed by atoms with Crippen molar-refractivity contribution in [1.29, 1.82) is 0 Å². The van der Waals surface area contributed by atoms with Crippen LogP contribution in [0.15, 0.2) is 48.7 Å². The predicted molar refractivity (Wildman–Crippen MR) is 115 cm³/mol. The van der Waals surface area contributed by atoms with Crippen LogP contribution in [0.1, 0.15) is 23.2 Å². The number of carbonyl (C=O) groups is 3. The first-order valence-corrected chi connectivity index (χ1v) is 10.7. The van der Waals surface area contributed by atoms with Gasteiger partial charge in [-0.2, -0.15) is 0 Å². The van der Waals surface area contributed by atoms with E-state index in [2.05, 4.69) is 20.6 Å². The number of hydrogen-bond donors (Lipinski definition) is 2. The van der Waals surface area contributed by atoms with Crippen molar-refractivity contribution in [2.24, 2.45) is 0 Å². The molecule has 0 bridgehead atoms. The number of fused-ring (bicyclic) bond motifs is 2. The second kappa shape index (κ2) is 7.28. The van der Waals surface area contributed by atoms with Gasteiger partial charge in [0.05, 0.1) is 16.3 Å². The summed E-state index contributed by atoms with van der Waals surface area (Å²) in [4.78, 5) is 48.9. The normalized spacial score (nSPS) is 19.6. The zero-order valence-corrected chi connectivity index (χ0v) is 17.5. The molecule has 156 valence electrons. The van der Waals surface area contributed by atoms with E-state index in [1.165, 1.54) is 11.3 Å². The fraction of sp³-hybridized carbons (Fsp3) is 0.227. The Kier molecular flexibility index (Phi) is 4.55. The molecule has 3 heterocycles. The number of aryl methyl sites for hydroxylation is 2. The number of benzene rings is 1. The average Bonchev–Trinajstić information content (AvgIpc) is 3.40. The Labute approximate surface area is 182 Å². The molecule has 1 aromatic carbocycles. The van der Waals surface area contributed by atoms with Gasteiger partial charge >= 0.3 is 6.03 Å². The second-order valence-corrected chi connectivity index (χ2v) is 8.58. The molecule has 0 radical (unpaired) electrons. The molecule has 31 heavy (non-hydrogen) atoms. The summed E-state index contributed by atoms with van der Waals surface area (Å²) in [7, 11) is 0. The molecule has 2 aromatic heterocycles. The van der Waals surface area contributed by atoms with Crippen LogP contribution < -0.4 is 10.6 Å². The number of imide groups is 1. The first kappa shape index (κ1) is 19.4. The van der Waals surface area contributed by atoms with Gasteiger partial charge in [-0.3, -0.25) is 19.5 Å². The largest absolute Gasteiger partial charge is 0.325 e. The van der Waals surface area contributed by atoms with E-state index < -0.39 is 17.5 Å². The van der Waals surface area contributed by atoms with Gasteiger partial charge in [0.2, 0.25) is 5.91 Å². The van der Waals surface area contributed by atoms with Crippen LogP contribution in [0.5, 0.6) is 0 Å². The molecule has 0 saturated carbocycles. The molecule has 9 heteroatoms. The standard InChI is InChI=1S/C22H19N5O3S/c1-13-18(16-8-4-5-11-23-16)31-20(24-13)25-17(28)12-27-19(29)22(26-21(27)30)10-9-14-6-2-3-7-15(14)22/h2-8,11H,9-10,12H2,1H3,(H,26,30)(H,24,25,28). The zero-order chi connectivity index (χ0) is 21.6. The Bertz CT molecular complexity index is 1210. The van der Waals surface area contributed by atoms with Crippen molar-refractivity contribution in [3.63, 3.8) is 0 Å². The summed E-state index contributed by atoms with van der Waals surface area (Å²) < 4.78 is 0. The molecule has 5 rings (SSSR count). The summed E-state index contributed by atoms with van der Waals surface area (Å²) in [5.74, 6) is -0.866. The maximum atomic E-state index is 13.2. The fourth-order valence-electron chi connectivity index (χ4n) is 4.22. The quantitative estimate of drug-likeness (QED) is 0.616. The van der Waals surface area contributed by atoms with E-state index in [4.69, 9.17) is 0 Å². The van der Waals surface area contributed by atoms with E-state index in [0.29, 0.717) is 18.0 Å². The van der Waals surface area contributed by atoms with Crippen molar-refractivity contribution in [3.8, 4) is 10.6 Å².